The molecule has 0 saturated carbocycles. The highest BCUT2D eigenvalue weighted by Gasteiger charge is 2.26. The lowest BCUT2D eigenvalue weighted by Crippen LogP contribution is -2.48. The van der Waals surface area contributed by atoms with Crippen molar-refractivity contribution in [2.45, 2.75) is 32.2 Å². The van der Waals surface area contributed by atoms with Crippen LogP contribution in [0.2, 0.25) is 0 Å². The van der Waals surface area contributed by atoms with E-state index in [1.165, 1.54) is 5.69 Å². The molecule has 1 aromatic rings. The van der Waals surface area contributed by atoms with Crippen molar-refractivity contribution in [2.24, 2.45) is 0 Å². The monoisotopic (exact) mass is 344 g/mol. The second-order valence-electron chi connectivity index (χ2n) is 7.15. The minimum absolute atomic E-state index is 0.334. The average molecular weight is 345 g/mol. The van der Waals surface area contributed by atoms with Crippen LogP contribution < -0.4 is 10.2 Å². The lowest BCUT2D eigenvalue weighted by molar-refractivity contribution is -0.133. The van der Waals surface area contributed by atoms with Crippen LogP contribution in [0.1, 0.15) is 26.2 Å². The van der Waals surface area contributed by atoms with E-state index in [1.807, 2.05) is 0 Å². The van der Waals surface area contributed by atoms with Crippen LogP contribution in [0.25, 0.3) is 0 Å². The van der Waals surface area contributed by atoms with E-state index in [9.17, 15) is 4.79 Å². The zero-order valence-corrected chi connectivity index (χ0v) is 15.5. The molecular formula is C20H32N4O. The van der Waals surface area contributed by atoms with Gasteiger partial charge in [-0.25, -0.2) is 0 Å². The van der Waals surface area contributed by atoms with E-state index in [2.05, 4.69) is 57.3 Å². The zero-order chi connectivity index (χ0) is 17.5. The van der Waals surface area contributed by atoms with Crippen LogP contribution in [-0.4, -0.2) is 74.1 Å². The van der Waals surface area contributed by atoms with E-state index in [0.717, 1.165) is 65.2 Å². The molecule has 1 atom stereocenters. The van der Waals surface area contributed by atoms with E-state index in [1.54, 1.807) is 0 Å². The molecule has 1 N–H and O–H groups in total. The summed E-state index contributed by atoms with van der Waals surface area (Å²) in [6, 6.07) is 11.0. The summed E-state index contributed by atoms with van der Waals surface area (Å²) in [4.78, 5) is 19.7. The molecule has 0 spiro atoms. The molecule has 25 heavy (non-hydrogen) atoms. The largest absolute Gasteiger partial charge is 0.369 e. The molecule has 2 aliphatic heterocycles. The van der Waals surface area contributed by atoms with Gasteiger partial charge in [0, 0.05) is 64.0 Å². The van der Waals surface area contributed by atoms with Gasteiger partial charge in [-0.2, -0.15) is 0 Å². The summed E-state index contributed by atoms with van der Waals surface area (Å²) in [5, 5.41) is 3.38. The molecule has 0 aromatic heterocycles. The third-order valence-corrected chi connectivity index (χ3v) is 5.40. The topological polar surface area (TPSA) is 38.8 Å². The first kappa shape index (κ1) is 18.2. The third-order valence-electron chi connectivity index (χ3n) is 5.40. The van der Waals surface area contributed by atoms with E-state index < -0.39 is 0 Å². The van der Waals surface area contributed by atoms with Crippen molar-refractivity contribution in [1.29, 1.82) is 0 Å². The van der Waals surface area contributed by atoms with Crippen molar-refractivity contribution in [3.8, 4) is 0 Å². The Morgan fingerprint density at radius 1 is 1.20 bits per heavy atom. The summed E-state index contributed by atoms with van der Waals surface area (Å²) >= 11 is 0. The minimum Gasteiger partial charge on any atom is -0.369 e. The normalized spacial score (nSPS) is 21.5. The number of amides is 1. The fraction of sp³-hybridized carbons (Fsp3) is 0.650. The summed E-state index contributed by atoms with van der Waals surface area (Å²) in [7, 11) is 0. The Balaban J connectivity index is 1.43. The lowest BCUT2D eigenvalue weighted by Gasteiger charge is -2.36. The third kappa shape index (κ3) is 4.95. The maximum absolute atomic E-state index is 12.7. The van der Waals surface area contributed by atoms with Crippen molar-refractivity contribution in [3.63, 3.8) is 0 Å². The molecule has 2 heterocycles. The molecule has 1 unspecified atom stereocenters. The first-order chi connectivity index (χ1) is 12.3. The van der Waals surface area contributed by atoms with Gasteiger partial charge in [-0.15, -0.1) is 0 Å². The van der Waals surface area contributed by atoms with E-state index in [-0.39, 0.29) is 0 Å². The smallest absolute Gasteiger partial charge is 0.224 e. The van der Waals surface area contributed by atoms with Gasteiger partial charge in [-0.05, 0) is 31.5 Å². The minimum atomic E-state index is 0.334. The maximum Gasteiger partial charge on any atom is 0.224 e. The second kappa shape index (κ2) is 9.20. The number of nitrogens with one attached hydrogen (secondary N) is 1. The molecular weight excluding hydrogens is 312 g/mol. The van der Waals surface area contributed by atoms with Crippen LogP contribution in [-0.2, 0) is 4.79 Å². The molecule has 5 heteroatoms. The Morgan fingerprint density at radius 3 is 2.60 bits per heavy atom. The van der Waals surface area contributed by atoms with Crippen LogP contribution >= 0.6 is 0 Å². The van der Waals surface area contributed by atoms with Gasteiger partial charge >= 0.3 is 0 Å². The molecule has 0 bridgehead atoms. The quantitative estimate of drug-likeness (QED) is 0.819. The standard InChI is InChI=1S/C20H32N4O/c1-2-11-24(19-8-10-21-17-19)20(25)9-12-22-13-15-23(16-14-22)18-6-4-3-5-7-18/h3-7,19,21H,2,8-17H2,1H3. The second-order valence-corrected chi connectivity index (χ2v) is 7.15. The molecule has 0 aliphatic carbocycles. The number of carbonyl (C=O) groups excluding carboxylic acids is 1. The number of anilines is 1. The first-order valence-electron chi connectivity index (χ1n) is 9.80. The molecule has 3 rings (SSSR count). The molecule has 2 fully saturated rings. The van der Waals surface area contributed by atoms with Crippen molar-refractivity contribution in [1.82, 2.24) is 15.1 Å². The van der Waals surface area contributed by atoms with Gasteiger partial charge in [-0.3, -0.25) is 9.69 Å². The van der Waals surface area contributed by atoms with Crippen molar-refractivity contribution < 1.29 is 4.79 Å². The number of carbonyl (C=O) groups is 1. The fourth-order valence-corrected chi connectivity index (χ4v) is 3.92. The number of nitrogens with zero attached hydrogens (tertiary/aromatic N) is 3. The van der Waals surface area contributed by atoms with Gasteiger partial charge in [0.05, 0.1) is 0 Å². The van der Waals surface area contributed by atoms with Gasteiger partial charge in [0.2, 0.25) is 5.91 Å². The Labute approximate surface area is 152 Å². The number of hydrogen-bond acceptors (Lipinski definition) is 4. The SMILES string of the molecule is CCCN(C(=O)CCN1CCN(c2ccccc2)CC1)C1CCNC1. The molecule has 1 aromatic carbocycles. The van der Waals surface area contributed by atoms with E-state index in [0.29, 0.717) is 18.4 Å². The predicted molar refractivity (Wildman–Crippen MR) is 103 cm³/mol. The lowest BCUT2D eigenvalue weighted by atomic mass is 10.2. The molecule has 2 aliphatic rings. The van der Waals surface area contributed by atoms with E-state index in [4.69, 9.17) is 0 Å². The number of rotatable bonds is 7. The Bertz CT molecular complexity index is 522. The number of hydrogen-bond donors (Lipinski definition) is 1. The highest BCUT2D eigenvalue weighted by molar-refractivity contribution is 5.76. The van der Waals surface area contributed by atoms with Gasteiger partial charge in [0.15, 0.2) is 0 Å². The van der Waals surface area contributed by atoms with Crippen LogP contribution in [0.3, 0.4) is 0 Å². The van der Waals surface area contributed by atoms with Gasteiger partial charge < -0.3 is 15.1 Å². The highest BCUT2D eigenvalue weighted by Crippen LogP contribution is 2.16. The summed E-state index contributed by atoms with van der Waals surface area (Å²) < 4.78 is 0. The van der Waals surface area contributed by atoms with Crippen LogP contribution in [0.5, 0.6) is 0 Å². The molecule has 1 amide bonds. The molecule has 5 nitrogen and oxygen atoms in total. The van der Waals surface area contributed by atoms with Crippen molar-refractivity contribution >= 4 is 11.6 Å². The van der Waals surface area contributed by atoms with Crippen LogP contribution in [0, 0.1) is 0 Å². The Morgan fingerprint density at radius 2 is 1.96 bits per heavy atom. The molecule has 138 valence electrons. The number of benzene rings is 1. The summed E-state index contributed by atoms with van der Waals surface area (Å²) in [5.41, 5.74) is 1.31. The van der Waals surface area contributed by atoms with Crippen LogP contribution in [0.15, 0.2) is 30.3 Å². The van der Waals surface area contributed by atoms with E-state index >= 15 is 0 Å². The van der Waals surface area contributed by atoms with Gasteiger partial charge in [0.25, 0.3) is 0 Å². The summed E-state index contributed by atoms with van der Waals surface area (Å²) in [5.74, 6) is 0.334. The van der Waals surface area contributed by atoms with Gasteiger partial charge in [-0.1, -0.05) is 25.1 Å². The number of piperazine rings is 1. The van der Waals surface area contributed by atoms with Crippen molar-refractivity contribution in [2.75, 3.05) is 57.3 Å². The highest BCUT2D eigenvalue weighted by atomic mass is 16.2. The predicted octanol–water partition coefficient (Wildman–Crippen LogP) is 1.80. The Hall–Kier alpha value is -1.59. The van der Waals surface area contributed by atoms with Crippen LogP contribution in [0.4, 0.5) is 5.69 Å². The van der Waals surface area contributed by atoms with Gasteiger partial charge in [0.1, 0.15) is 0 Å². The fourth-order valence-electron chi connectivity index (χ4n) is 3.92. The first-order valence-corrected chi connectivity index (χ1v) is 9.80. The van der Waals surface area contributed by atoms with Crippen molar-refractivity contribution in [3.05, 3.63) is 30.3 Å². The maximum atomic E-state index is 12.7. The molecule has 0 radical (unpaired) electrons. The summed E-state index contributed by atoms with van der Waals surface area (Å²) in [6.45, 7) is 10.1. The number of para-hydroxylation sites is 1. The zero-order valence-electron chi connectivity index (χ0n) is 15.5. The molecule has 2 saturated heterocycles. The summed E-state index contributed by atoms with van der Waals surface area (Å²) in [6.07, 6.45) is 2.79. The Kier molecular flexibility index (Phi) is 6.70. The average Bonchev–Trinajstić information content (AvgIpc) is 3.19.